The van der Waals surface area contributed by atoms with Crippen LogP contribution in [-0.4, -0.2) is 35.4 Å². The molecule has 0 fully saturated rings. The van der Waals surface area contributed by atoms with E-state index < -0.39 is 0 Å². The highest BCUT2D eigenvalue weighted by atomic mass is 35.5. The van der Waals surface area contributed by atoms with Crippen LogP contribution in [0.2, 0.25) is 5.02 Å². The van der Waals surface area contributed by atoms with Crippen molar-refractivity contribution in [3.63, 3.8) is 0 Å². The number of anilines is 1. The van der Waals surface area contributed by atoms with E-state index in [-0.39, 0.29) is 18.2 Å². The first-order chi connectivity index (χ1) is 19.1. The Labute approximate surface area is 229 Å². The fourth-order valence-corrected chi connectivity index (χ4v) is 4.83. The minimum atomic E-state index is -0.129. The fraction of sp³-hybridized carbons (Fsp3) is 0.100. The van der Waals surface area contributed by atoms with E-state index >= 15 is 0 Å². The molecule has 0 aliphatic rings. The summed E-state index contributed by atoms with van der Waals surface area (Å²) in [4.78, 5) is 22.4. The highest BCUT2D eigenvalue weighted by molar-refractivity contribution is 6.30. The molecule has 6 rings (SSSR count). The van der Waals surface area contributed by atoms with Crippen LogP contribution in [0, 0.1) is 6.92 Å². The topological polar surface area (TPSA) is 90.5 Å². The van der Waals surface area contributed by atoms with Crippen molar-refractivity contribution in [1.29, 1.82) is 0 Å². The Morgan fingerprint density at radius 3 is 2.23 bits per heavy atom. The van der Waals surface area contributed by atoms with E-state index in [0.717, 1.165) is 22.5 Å². The molecule has 0 aliphatic carbocycles. The van der Waals surface area contributed by atoms with E-state index in [1.54, 1.807) is 27.7 Å². The lowest BCUT2D eigenvalue weighted by molar-refractivity contribution is -0.116. The Morgan fingerprint density at radius 2 is 1.56 bits per heavy atom. The van der Waals surface area contributed by atoms with E-state index in [1.165, 1.54) is 6.33 Å². The number of aryl methyl sites for hydroxylation is 1. The van der Waals surface area contributed by atoms with Gasteiger partial charge in [-0.25, -0.2) is 14.6 Å². The number of aromatic nitrogens is 6. The zero-order valence-electron chi connectivity index (χ0n) is 21.1. The molecule has 39 heavy (non-hydrogen) atoms. The number of carbonyl (C=O) groups is 1. The van der Waals surface area contributed by atoms with Crippen molar-refractivity contribution < 1.29 is 4.79 Å². The van der Waals surface area contributed by atoms with Crippen LogP contribution in [0.25, 0.3) is 22.5 Å². The highest BCUT2D eigenvalue weighted by Crippen LogP contribution is 2.29. The van der Waals surface area contributed by atoms with Crippen molar-refractivity contribution in [2.24, 2.45) is 0 Å². The molecule has 0 radical (unpaired) electrons. The molecule has 3 aromatic carbocycles. The van der Waals surface area contributed by atoms with Gasteiger partial charge in [0.15, 0.2) is 11.5 Å². The van der Waals surface area contributed by atoms with Crippen LogP contribution in [0.15, 0.2) is 104 Å². The first-order valence-electron chi connectivity index (χ1n) is 12.5. The monoisotopic (exact) mass is 533 g/mol. The number of nitrogens with one attached hydrogen (secondary N) is 1. The molecular weight excluding hydrogens is 510 g/mol. The molecule has 1 N–H and O–H groups in total. The van der Waals surface area contributed by atoms with Crippen LogP contribution in [0.4, 0.5) is 5.82 Å². The molecule has 0 bridgehead atoms. The molecule has 192 valence electrons. The Balaban J connectivity index is 1.32. The molecule has 0 atom stereocenters. The van der Waals surface area contributed by atoms with Gasteiger partial charge in [0, 0.05) is 23.4 Å². The first kappa shape index (κ1) is 24.5. The molecule has 0 unspecified atom stereocenters. The SMILES string of the molecule is Cc1cc(NC(=O)CC(c2ccccc2)c2ccccc2)n(-c2ncnc3c2cnn3-c2ccc(Cl)cc2)n1. The van der Waals surface area contributed by atoms with Crippen molar-refractivity contribution >= 4 is 34.4 Å². The minimum absolute atomic E-state index is 0.0896. The van der Waals surface area contributed by atoms with Gasteiger partial charge in [-0.1, -0.05) is 72.3 Å². The van der Waals surface area contributed by atoms with Gasteiger partial charge >= 0.3 is 0 Å². The molecule has 3 aromatic heterocycles. The first-order valence-corrected chi connectivity index (χ1v) is 12.9. The average Bonchev–Trinajstić information content (AvgIpc) is 3.56. The number of fused-ring (bicyclic) bond motifs is 1. The number of hydrogen-bond acceptors (Lipinski definition) is 5. The molecule has 1 amide bonds. The number of hydrogen-bond donors (Lipinski definition) is 1. The molecule has 8 nitrogen and oxygen atoms in total. The summed E-state index contributed by atoms with van der Waals surface area (Å²) in [5.41, 5.74) is 4.33. The summed E-state index contributed by atoms with van der Waals surface area (Å²) in [6, 6.07) is 29.3. The Bertz CT molecular complexity index is 1710. The molecule has 3 heterocycles. The molecule has 0 spiro atoms. The zero-order valence-corrected chi connectivity index (χ0v) is 21.8. The molecule has 6 aromatic rings. The van der Waals surface area contributed by atoms with Crippen LogP contribution >= 0.6 is 11.6 Å². The second-order valence-corrected chi connectivity index (χ2v) is 9.61. The summed E-state index contributed by atoms with van der Waals surface area (Å²) in [5, 5.41) is 13.6. The smallest absolute Gasteiger partial charge is 0.226 e. The van der Waals surface area contributed by atoms with Gasteiger partial charge in [-0.05, 0) is 42.3 Å². The van der Waals surface area contributed by atoms with Crippen LogP contribution in [0.1, 0.15) is 29.2 Å². The van der Waals surface area contributed by atoms with Crippen molar-refractivity contribution in [1.82, 2.24) is 29.5 Å². The maximum Gasteiger partial charge on any atom is 0.226 e. The number of amides is 1. The standard InChI is InChI=1S/C30H24ClN7O/c1-20-16-27(35-28(39)17-25(21-8-4-2-5-9-21)22-10-6-3-7-11-22)38(36-20)30-26-18-34-37(29(26)32-19-33-30)24-14-12-23(31)13-15-24/h2-16,18-19,25H,17H2,1H3,(H,35,39). The largest absolute Gasteiger partial charge is 0.310 e. The number of rotatable bonds is 7. The number of carbonyl (C=O) groups excluding carboxylic acids is 1. The Kier molecular flexibility index (Phi) is 6.61. The molecule has 9 heteroatoms. The summed E-state index contributed by atoms with van der Waals surface area (Å²) in [6.07, 6.45) is 3.43. The lowest BCUT2D eigenvalue weighted by Gasteiger charge is -2.18. The van der Waals surface area contributed by atoms with E-state index in [4.69, 9.17) is 11.6 Å². The van der Waals surface area contributed by atoms with Crippen LogP contribution in [0.5, 0.6) is 0 Å². The second kappa shape index (κ2) is 10.5. The van der Waals surface area contributed by atoms with Crippen molar-refractivity contribution in [3.8, 4) is 11.5 Å². The van der Waals surface area contributed by atoms with Gasteiger partial charge in [-0.2, -0.15) is 14.9 Å². The van der Waals surface area contributed by atoms with Gasteiger partial charge in [-0.3, -0.25) is 4.79 Å². The van der Waals surface area contributed by atoms with Gasteiger partial charge in [0.2, 0.25) is 5.91 Å². The second-order valence-electron chi connectivity index (χ2n) is 9.18. The number of nitrogens with zero attached hydrogens (tertiary/aromatic N) is 6. The Morgan fingerprint density at radius 1 is 0.897 bits per heavy atom. The molecule has 0 aliphatic heterocycles. The van der Waals surface area contributed by atoms with E-state index in [2.05, 4.69) is 49.7 Å². The van der Waals surface area contributed by atoms with Crippen molar-refractivity contribution in [3.05, 3.63) is 125 Å². The highest BCUT2D eigenvalue weighted by Gasteiger charge is 2.21. The predicted octanol–water partition coefficient (Wildman–Crippen LogP) is 6.12. The van der Waals surface area contributed by atoms with Gasteiger partial charge in [-0.15, -0.1) is 0 Å². The van der Waals surface area contributed by atoms with E-state index in [0.29, 0.717) is 27.7 Å². The summed E-state index contributed by atoms with van der Waals surface area (Å²) in [6.45, 7) is 1.87. The number of benzene rings is 3. The predicted molar refractivity (Wildman–Crippen MR) is 152 cm³/mol. The molecular formula is C30H24ClN7O. The maximum absolute atomic E-state index is 13.4. The van der Waals surface area contributed by atoms with Gasteiger partial charge in [0.05, 0.1) is 23.0 Å². The van der Waals surface area contributed by atoms with Gasteiger partial charge in [0.1, 0.15) is 12.1 Å². The maximum atomic E-state index is 13.4. The lowest BCUT2D eigenvalue weighted by Crippen LogP contribution is -2.19. The quantitative estimate of drug-likeness (QED) is 0.267. The zero-order chi connectivity index (χ0) is 26.8. The summed E-state index contributed by atoms with van der Waals surface area (Å²) >= 11 is 6.06. The molecule has 0 saturated carbocycles. The van der Waals surface area contributed by atoms with Gasteiger partial charge < -0.3 is 5.32 Å². The van der Waals surface area contributed by atoms with Crippen molar-refractivity contribution in [2.45, 2.75) is 19.3 Å². The minimum Gasteiger partial charge on any atom is -0.310 e. The average molecular weight is 534 g/mol. The molecule has 0 saturated heterocycles. The normalized spacial score (nSPS) is 11.3. The van der Waals surface area contributed by atoms with Crippen molar-refractivity contribution in [2.75, 3.05) is 5.32 Å². The summed E-state index contributed by atoms with van der Waals surface area (Å²) in [5.74, 6) is 0.826. The van der Waals surface area contributed by atoms with E-state index in [1.807, 2.05) is 61.5 Å². The fourth-order valence-electron chi connectivity index (χ4n) is 4.70. The number of halogens is 1. The Hall–Kier alpha value is -4.82. The van der Waals surface area contributed by atoms with Gasteiger partial charge in [0.25, 0.3) is 0 Å². The van der Waals surface area contributed by atoms with E-state index in [9.17, 15) is 4.79 Å². The van der Waals surface area contributed by atoms with Crippen LogP contribution < -0.4 is 5.32 Å². The third-order valence-electron chi connectivity index (χ3n) is 6.51. The summed E-state index contributed by atoms with van der Waals surface area (Å²) in [7, 11) is 0. The lowest BCUT2D eigenvalue weighted by atomic mass is 9.88. The third kappa shape index (κ3) is 5.02. The third-order valence-corrected chi connectivity index (χ3v) is 6.76. The van der Waals surface area contributed by atoms with Crippen LogP contribution in [0.3, 0.4) is 0 Å². The summed E-state index contributed by atoms with van der Waals surface area (Å²) < 4.78 is 3.35. The van der Waals surface area contributed by atoms with Crippen LogP contribution in [-0.2, 0) is 4.79 Å².